The maximum absolute atomic E-state index is 12.5. The van der Waals surface area contributed by atoms with Gasteiger partial charge in [0, 0.05) is 18.2 Å². The van der Waals surface area contributed by atoms with Crippen LogP contribution < -0.4 is 16.4 Å². The lowest BCUT2D eigenvalue weighted by atomic mass is 10.1. The van der Waals surface area contributed by atoms with Crippen molar-refractivity contribution in [3.8, 4) is 0 Å². The predicted molar refractivity (Wildman–Crippen MR) is 117 cm³/mol. The molecule has 4 N–H and O–H groups in total. The molecule has 2 amide bonds. The van der Waals surface area contributed by atoms with Crippen molar-refractivity contribution in [2.75, 3.05) is 26.5 Å². The average Bonchev–Trinajstić information content (AvgIpc) is 2.82. The minimum atomic E-state index is -1.26. The maximum atomic E-state index is 12.5. The molecule has 1 rings (SSSR count). The molecule has 0 aliphatic rings. The number of amides is 2. The highest BCUT2D eigenvalue weighted by atomic mass is 32.2. The van der Waals surface area contributed by atoms with Gasteiger partial charge >= 0.3 is 11.9 Å². The third-order valence-electron chi connectivity index (χ3n) is 4.23. The van der Waals surface area contributed by atoms with E-state index in [0.717, 1.165) is 44.2 Å². The normalized spacial score (nSPS) is 12.1. The molecule has 0 radical (unpaired) electrons. The molecule has 0 unspecified atom stereocenters. The van der Waals surface area contributed by atoms with Crippen molar-refractivity contribution in [1.82, 2.24) is 10.6 Å². The van der Waals surface area contributed by atoms with E-state index in [4.69, 9.17) is 5.73 Å². The highest BCUT2D eigenvalue weighted by Gasteiger charge is 2.26. The number of non-ortho nitro benzene ring substituents is 1. The molecule has 0 heterocycles. The summed E-state index contributed by atoms with van der Waals surface area (Å²) in [7, 11) is 2.25. The van der Waals surface area contributed by atoms with Gasteiger partial charge in [0.15, 0.2) is 0 Å². The molecular formula is C18H23N5O10S. The van der Waals surface area contributed by atoms with E-state index < -0.39 is 63.6 Å². The van der Waals surface area contributed by atoms with Crippen LogP contribution in [0.4, 0.5) is 11.4 Å². The first-order chi connectivity index (χ1) is 16.0. The summed E-state index contributed by atoms with van der Waals surface area (Å²) in [5.74, 6) is -3.13. The third kappa shape index (κ3) is 8.99. The van der Waals surface area contributed by atoms with Crippen LogP contribution in [0.15, 0.2) is 23.1 Å². The lowest BCUT2D eigenvalue weighted by Gasteiger charge is -2.18. The van der Waals surface area contributed by atoms with E-state index in [2.05, 4.69) is 20.1 Å². The van der Waals surface area contributed by atoms with Crippen LogP contribution in [0.3, 0.4) is 0 Å². The van der Waals surface area contributed by atoms with Crippen LogP contribution in [0.1, 0.15) is 12.8 Å². The van der Waals surface area contributed by atoms with Crippen molar-refractivity contribution in [2.24, 2.45) is 5.73 Å². The zero-order valence-corrected chi connectivity index (χ0v) is 19.0. The van der Waals surface area contributed by atoms with E-state index in [-0.39, 0.29) is 23.5 Å². The lowest BCUT2D eigenvalue weighted by molar-refractivity contribution is -0.396. The van der Waals surface area contributed by atoms with Crippen molar-refractivity contribution < 1.29 is 38.5 Å². The first-order valence-electron chi connectivity index (χ1n) is 9.53. The summed E-state index contributed by atoms with van der Waals surface area (Å²) >= 11 is 0.792. The number of hydrogen-bond acceptors (Lipinski definition) is 12. The van der Waals surface area contributed by atoms with Crippen LogP contribution in [0.25, 0.3) is 0 Å². The van der Waals surface area contributed by atoms with E-state index in [1.54, 1.807) is 0 Å². The maximum Gasteiger partial charge on any atom is 0.325 e. The van der Waals surface area contributed by atoms with Crippen LogP contribution in [-0.4, -0.2) is 72.2 Å². The van der Waals surface area contributed by atoms with Gasteiger partial charge in [-0.05, 0) is 12.5 Å². The van der Waals surface area contributed by atoms with E-state index in [9.17, 15) is 39.4 Å². The Balaban J connectivity index is 2.96. The number of esters is 2. The van der Waals surface area contributed by atoms with E-state index >= 15 is 0 Å². The SMILES string of the molecule is COC(=O)CNC(=O)[C@H](CSc1ccc([N+](=O)[O-])cc1[N+](=O)[O-])NC(=O)CC[C@H](N)C(=O)OC. The number of rotatable bonds is 13. The van der Waals surface area contributed by atoms with Gasteiger partial charge in [-0.1, -0.05) is 0 Å². The van der Waals surface area contributed by atoms with E-state index in [1.165, 1.54) is 0 Å². The summed E-state index contributed by atoms with van der Waals surface area (Å²) in [4.78, 5) is 68.1. The smallest absolute Gasteiger partial charge is 0.325 e. The molecule has 0 aliphatic heterocycles. The number of nitrogens with one attached hydrogen (secondary N) is 2. The standard InChI is InChI=1S/C18H23N5O10S/c1-32-16(25)8-20-17(26)12(21-15(24)6-4-11(19)18(27)33-2)9-34-14-5-3-10(22(28)29)7-13(14)23(30)31/h3,5,7,11-12H,4,6,8-9,19H2,1-2H3,(H,20,26)(H,21,24)/t11-,12-/m0/s1. The molecule has 0 spiro atoms. The number of carbonyl (C=O) groups excluding carboxylic acids is 4. The van der Waals surface area contributed by atoms with Crippen molar-refractivity contribution >= 4 is 46.9 Å². The highest BCUT2D eigenvalue weighted by molar-refractivity contribution is 7.99. The Hall–Kier alpha value is -3.79. The average molecular weight is 501 g/mol. The summed E-state index contributed by atoms with van der Waals surface area (Å²) in [5, 5.41) is 26.9. The van der Waals surface area contributed by atoms with Crippen molar-refractivity contribution in [3.63, 3.8) is 0 Å². The quantitative estimate of drug-likeness (QED) is 0.136. The Labute approximate surface area is 197 Å². The molecule has 0 saturated carbocycles. The fraction of sp³-hybridized carbons (Fsp3) is 0.444. The molecule has 15 nitrogen and oxygen atoms in total. The molecule has 34 heavy (non-hydrogen) atoms. The second-order valence-electron chi connectivity index (χ2n) is 6.56. The molecule has 0 fully saturated rings. The molecule has 2 atom stereocenters. The summed E-state index contributed by atoms with van der Waals surface area (Å²) in [6.45, 7) is -0.489. The molecule has 1 aromatic carbocycles. The molecular weight excluding hydrogens is 478 g/mol. The van der Waals surface area contributed by atoms with Gasteiger partial charge in [-0.3, -0.25) is 39.4 Å². The number of thioether (sulfide) groups is 1. The zero-order chi connectivity index (χ0) is 25.8. The first-order valence-corrected chi connectivity index (χ1v) is 10.5. The van der Waals surface area contributed by atoms with Crippen LogP contribution >= 0.6 is 11.8 Å². The van der Waals surface area contributed by atoms with Gasteiger partial charge in [0.1, 0.15) is 18.6 Å². The van der Waals surface area contributed by atoms with Crippen LogP contribution in [0, 0.1) is 20.2 Å². The number of hydrogen-bond donors (Lipinski definition) is 3. The Bertz CT molecular complexity index is 957. The molecule has 0 bridgehead atoms. The Morgan fingerprint density at radius 3 is 2.35 bits per heavy atom. The van der Waals surface area contributed by atoms with Gasteiger partial charge < -0.3 is 25.8 Å². The molecule has 1 aromatic rings. The second-order valence-corrected chi connectivity index (χ2v) is 7.62. The molecule has 0 aliphatic carbocycles. The number of nitro groups is 2. The fourth-order valence-electron chi connectivity index (χ4n) is 2.42. The molecule has 186 valence electrons. The first kappa shape index (κ1) is 28.2. The van der Waals surface area contributed by atoms with Crippen LogP contribution in [-0.2, 0) is 28.7 Å². The van der Waals surface area contributed by atoms with E-state index in [1.807, 2.05) is 0 Å². The number of benzene rings is 1. The summed E-state index contributed by atoms with van der Waals surface area (Å²) in [5.41, 5.74) is 4.54. The summed E-state index contributed by atoms with van der Waals surface area (Å²) < 4.78 is 8.89. The fourth-order valence-corrected chi connectivity index (χ4v) is 3.44. The Kier molecular flexibility index (Phi) is 11.4. The number of nitrogens with two attached hydrogens (primary N) is 1. The number of ether oxygens (including phenoxy) is 2. The largest absolute Gasteiger partial charge is 0.468 e. The highest BCUT2D eigenvalue weighted by Crippen LogP contribution is 2.32. The minimum absolute atomic E-state index is 0.0170. The number of methoxy groups -OCH3 is 2. The van der Waals surface area contributed by atoms with Gasteiger partial charge in [0.2, 0.25) is 11.8 Å². The Morgan fingerprint density at radius 1 is 1.12 bits per heavy atom. The summed E-state index contributed by atoms with van der Waals surface area (Å²) in [6, 6.07) is 0.683. The van der Waals surface area contributed by atoms with Crippen molar-refractivity contribution in [3.05, 3.63) is 38.4 Å². The number of nitro benzene ring substituents is 2. The monoisotopic (exact) mass is 501 g/mol. The van der Waals surface area contributed by atoms with Crippen molar-refractivity contribution in [2.45, 2.75) is 29.8 Å². The van der Waals surface area contributed by atoms with Gasteiger partial charge in [-0.15, -0.1) is 11.8 Å². The van der Waals surface area contributed by atoms with Gasteiger partial charge in [-0.2, -0.15) is 0 Å². The van der Waals surface area contributed by atoms with Crippen LogP contribution in [0.2, 0.25) is 0 Å². The zero-order valence-electron chi connectivity index (χ0n) is 18.2. The van der Waals surface area contributed by atoms with Gasteiger partial charge in [0.25, 0.3) is 11.4 Å². The summed E-state index contributed by atoms with van der Waals surface area (Å²) in [6.07, 6.45) is -0.310. The number of nitrogens with zero attached hydrogens (tertiary/aromatic N) is 2. The van der Waals surface area contributed by atoms with Crippen LogP contribution in [0.5, 0.6) is 0 Å². The molecule has 0 aromatic heterocycles. The molecule has 16 heteroatoms. The topological polar surface area (TPSA) is 223 Å². The lowest BCUT2D eigenvalue weighted by Crippen LogP contribution is -2.49. The predicted octanol–water partition coefficient (Wildman–Crippen LogP) is -0.350. The third-order valence-corrected chi connectivity index (χ3v) is 5.38. The second kappa shape index (κ2) is 13.7. The van der Waals surface area contributed by atoms with Gasteiger partial charge in [0.05, 0.1) is 35.0 Å². The Morgan fingerprint density at radius 2 is 1.79 bits per heavy atom. The minimum Gasteiger partial charge on any atom is -0.468 e. The van der Waals surface area contributed by atoms with Gasteiger partial charge in [-0.25, -0.2) is 0 Å². The van der Waals surface area contributed by atoms with E-state index in [0.29, 0.717) is 0 Å². The molecule has 0 saturated heterocycles. The van der Waals surface area contributed by atoms with Crippen molar-refractivity contribution in [1.29, 1.82) is 0 Å². The number of carbonyl (C=O) groups is 4.